The second-order valence-corrected chi connectivity index (χ2v) is 5.25. The molecule has 1 aromatic rings. The number of hydrogen-bond acceptors (Lipinski definition) is 2. The van der Waals surface area contributed by atoms with Gasteiger partial charge in [-0.3, -0.25) is 9.59 Å². The Morgan fingerprint density at radius 3 is 2.61 bits per heavy atom. The Bertz CT molecular complexity index is 446. The van der Waals surface area contributed by atoms with Crippen LogP contribution in [0.5, 0.6) is 0 Å². The molecule has 0 heterocycles. The van der Waals surface area contributed by atoms with Gasteiger partial charge in [0, 0.05) is 25.3 Å². The first-order chi connectivity index (χ1) is 8.45. The van der Waals surface area contributed by atoms with Crippen LogP contribution in [0.2, 0.25) is 0 Å². The van der Waals surface area contributed by atoms with Crippen molar-refractivity contribution in [2.75, 3.05) is 19.4 Å². The predicted molar refractivity (Wildman–Crippen MR) is 76.1 cm³/mol. The van der Waals surface area contributed by atoms with Gasteiger partial charge in [-0.05, 0) is 24.6 Å². The zero-order valence-electron chi connectivity index (χ0n) is 10.7. The van der Waals surface area contributed by atoms with Crippen LogP contribution in [0.3, 0.4) is 0 Å². The van der Waals surface area contributed by atoms with Crippen molar-refractivity contribution in [3.8, 4) is 0 Å². The first-order valence-electron chi connectivity index (χ1n) is 5.72. The molecule has 0 bridgehead atoms. The molecule has 0 aliphatic rings. The molecule has 0 radical (unpaired) electrons. The molecule has 0 saturated heterocycles. The molecule has 1 atom stereocenters. The summed E-state index contributed by atoms with van der Waals surface area (Å²) in [5.74, 6) is -0.191. The zero-order valence-corrected chi connectivity index (χ0v) is 12.3. The average Bonchev–Trinajstić information content (AvgIpc) is 2.36. The molecule has 18 heavy (non-hydrogen) atoms. The molecule has 98 valence electrons. The van der Waals surface area contributed by atoms with Crippen molar-refractivity contribution >= 4 is 33.4 Å². The van der Waals surface area contributed by atoms with E-state index in [0.29, 0.717) is 17.7 Å². The van der Waals surface area contributed by atoms with Crippen LogP contribution in [0.1, 0.15) is 23.7 Å². The number of amides is 2. The number of carbonyl (C=O) groups excluding carboxylic acids is 2. The molecule has 0 aliphatic carbocycles. The number of nitrogens with one attached hydrogen (secondary N) is 1. The SMILES string of the molecule is CCC(Br)C(=O)Nc1cccc(C(=O)N(C)C)c1. The van der Waals surface area contributed by atoms with Crippen molar-refractivity contribution in [2.24, 2.45) is 0 Å². The minimum Gasteiger partial charge on any atom is -0.345 e. The lowest BCUT2D eigenvalue weighted by Crippen LogP contribution is -2.23. The summed E-state index contributed by atoms with van der Waals surface area (Å²) in [6.45, 7) is 1.92. The smallest absolute Gasteiger partial charge is 0.253 e. The molecule has 1 rings (SSSR count). The fourth-order valence-corrected chi connectivity index (χ4v) is 1.51. The van der Waals surface area contributed by atoms with Gasteiger partial charge in [-0.15, -0.1) is 0 Å². The number of halogens is 1. The Labute approximate surface area is 115 Å². The van der Waals surface area contributed by atoms with Crippen LogP contribution in [-0.4, -0.2) is 35.6 Å². The predicted octanol–water partition coefficient (Wildman–Crippen LogP) is 2.50. The molecule has 1 N–H and O–H groups in total. The van der Waals surface area contributed by atoms with E-state index in [1.54, 1.807) is 38.4 Å². The van der Waals surface area contributed by atoms with Crippen LogP contribution in [0.4, 0.5) is 5.69 Å². The van der Waals surface area contributed by atoms with Gasteiger partial charge >= 0.3 is 0 Å². The highest BCUT2D eigenvalue weighted by Gasteiger charge is 2.13. The fourth-order valence-electron chi connectivity index (χ4n) is 1.39. The van der Waals surface area contributed by atoms with E-state index in [4.69, 9.17) is 0 Å². The van der Waals surface area contributed by atoms with E-state index < -0.39 is 0 Å². The summed E-state index contributed by atoms with van der Waals surface area (Å²) >= 11 is 3.28. The van der Waals surface area contributed by atoms with Gasteiger partial charge in [-0.1, -0.05) is 28.9 Å². The maximum absolute atomic E-state index is 11.8. The van der Waals surface area contributed by atoms with Gasteiger partial charge in [0.1, 0.15) is 0 Å². The Balaban J connectivity index is 2.83. The Morgan fingerprint density at radius 1 is 1.39 bits per heavy atom. The molecule has 5 heteroatoms. The highest BCUT2D eigenvalue weighted by Crippen LogP contribution is 2.14. The van der Waals surface area contributed by atoms with Crippen LogP contribution in [0.25, 0.3) is 0 Å². The summed E-state index contributed by atoms with van der Waals surface area (Å²) in [6, 6.07) is 6.92. The number of anilines is 1. The normalized spacial score (nSPS) is 11.8. The lowest BCUT2D eigenvalue weighted by atomic mass is 10.1. The van der Waals surface area contributed by atoms with E-state index in [9.17, 15) is 9.59 Å². The maximum atomic E-state index is 11.8. The van der Waals surface area contributed by atoms with E-state index in [0.717, 1.165) is 0 Å². The highest BCUT2D eigenvalue weighted by atomic mass is 79.9. The van der Waals surface area contributed by atoms with Gasteiger partial charge in [-0.25, -0.2) is 0 Å². The second-order valence-electron chi connectivity index (χ2n) is 4.15. The summed E-state index contributed by atoms with van der Waals surface area (Å²) in [5.41, 5.74) is 1.19. The minimum atomic E-state index is -0.217. The van der Waals surface area contributed by atoms with Crippen LogP contribution in [-0.2, 0) is 4.79 Å². The van der Waals surface area contributed by atoms with E-state index in [1.807, 2.05) is 6.92 Å². The quantitative estimate of drug-likeness (QED) is 0.868. The first kappa shape index (κ1) is 14.7. The van der Waals surface area contributed by atoms with Gasteiger partial charge in [0.2, 0.25) is 5.91 Å². The third-order valence-corrected chi connectivity index (χ3v) is 3.49. The fraction of sp³-hybridized carbons (Fsp3) is 0.385. The van der Waals surface area contributed by atoms with Crippen LogP contribution >= 0.6 is 15.9 Å². The number of hydrogen-bond donors (Lipinski definition) is 1. The summed E-state index contributed by atoms with van der Waals surface area (Å²) < 4.78 is 0. The zero-order chi connectivity index (χ0) is 13.7. The van der Waals surface area contributed by atoms with Crippen molar-refractivity contribution < 1.29 is 9.59 Å². The molecule has 1 aromatic carbocycles. The standard InChI is InChI=1S/C13H17BrN2O2/c1-4-11(14)12(17)15-10-7-5-6-9(8-10)13(18)16(2)3/h5-8,11H,4H2,1-3H3,(H,15,17). The Kier molecular flexibility index (Phi) is 5.34. The van der Waals surface area contributed by atoms with Gasteiger partial charge in [0.05, 0.1) is 4.83 Å². The van der Waals surface area contributed by atoms with Crippen molar-refractivity contribution in [2.45, 2.75) is 18.2 Å². The molecule has 0 spiro atoms. The lowest BCUT2D eigenvalue weighted by molar-refractivity contribution is -0.115. The molecule has 0 aliphatic heterocycles. The van der Waals surface area contributed by atoms with Crippen molar-refractivity contribution in [1.82, 2.24) is 4.90 Å². The molecule has 0 aromatic heterocycles. The maximum Gasteiger partial charge on any atom is 0.253 e. The molecule has 0 fully saturated rings. The van der Waals surface area contributed by atoms with Gasteiger partial charge in [0.25, 0.3) is 5.91 Å². The summed E-state index contributed by atoms with van der Waals surface area (Å²) in [6.07, 6.45) is 0.710. The second kappa shape index (κ2) is 6.54. The molecule has 4 nitrogen and oxygen atoms in total. The number of nitrogens with zero attached hydrogens (tertiary/aromatic N) is 1. The molecule has 2 amide bonds. The topological polar surface area (TPSA) is 49.4 Å². The lowest BCUT2D eigenvalue weighted by Gasteiger charge is -2.12. The van der Waals surface area contributed by atoms with Gasteiger partial charge in [0.15, 0.2) is 0 Å². The van der Waals surface area contributed by atoms with Gasteiger partial charge < -0.3 is 10.2 Å². The molecular weight excluding hydrogens is 296 g/mol. The molecule has 0 saturated carbocycles. The van der Waals surface area contributed by atoms with Crippen LogP contribution < -0.4 is 5.32 Å². The minimum absolute atomic E-state index is 0.0861. The molecule has 1 unspecified atom stereocenters. The average molecular weight is 313 g/mol. The number of alkyl halides is 1. The number of rotatable bonds is 4. The van der Waals surface area contributed by atoms with E-state index >= 15 is 0 Å². The van der Waals surface area contributed by atoms with E-state index in [2.05, 4.69) is 21.2 Å². The van der Waals surface area contributed by atoms with E-state index in [-0.39, 0.29) is 16.6 Å². The van der Waals surface area contributed by atoms with Crippen LogP contribution in [0.15, 0.2) is 24.3 Å². The van der Waals surface area contributed by atoms with E-state index in [1.165, 1.54) is 4.90 Å². The van der Waals surface area contributed by atoms with Gasteiger partial charge in [-0.2, -0.15) is 0 Å². The summed E-state index contributed by atoms with van der Waals surface area (Å²) in [4.78, 5) is 24.8. The third-order valence-electron chi connectivity index (χ3n) is 2.43. The number of benzene rings is 1. The summed E-state index contributed by atoms with van der Waals surface area (Å²) in [5, 5.41) is 2.77. The third kappa shape index (κ3) is 3.84. The monoisotopic (exact) mass is 312 g/mol. The Morgan fingerprint density at radius 2 is 2.06 bits per heavy atom. The Hall–Kier alpha value is -1.36. The van der Waals surface area contributed by atoms with Crippen LogP contribution in [0, 0.1) is 0 Å². The van der Waals surface area contributed by atoms with Crippen molar-refractivity contribution in [1.29, 1.82) is 0 Å². The summed E-state index contributed by atoms with van der Waals surface area (Å²) in [7, 11) is 3.39. The largest absolute Gasteiger partial charge is 0.345 e. The van der Waals surface area contributed by atoms with Crippen molar-refractivity contribution in [3.63, 3.8) is 0 Å². The highest BCUT2D eigenvalue weighted by molar-refractivity contribution is 9.10. The van der Waals surface area contributed by atoms with Crippen molar-refractivity contribution in [3.05, 3.63) is 29.8 Å². The first-order valence-corrected chi connectivity index (χ1v) is 6.64. The number of carbonyl (C=O) groups is 2. The molecular formula is C13H17BrN2O2.